The molecule has 1 heterocycles. The molecule has 0 fully saturated rings. The zero-order valence-electron chi connectivity index (χ0n) is 12.4. The molecule has 1 aliphatic rings. The number of carbonyl (C=O) groups excluding carboxylic acids is 1. The maximum Gasteiger partial charge on any atom is 0.243 e. The lowest BCUT2D eigenvalue weighted by Crippen LogP contribution is -2.30. The fourth-order valence-electron chi connectivity index (χ4n) is 2.30. The smallest absolute Gasteiger partial charge is 0.243 e. The Morgan fingerprint density at radius 2 is 2.00 bits per heavy atom. The van der Waals surface area contributed by atoms with Crippen LogP contribution in [0.3, 0.4) is 0 Å². The molecule has 1 aliphatic heterocycles. The van der Waals surface area contributed by atoms with Gasteiger partial charge in [0, 0.05) is 29.7 Å². The summed E-state index contributed by atoms with van der Waals surface area (Å²) in [5.41, 5.74) is 0.586. The normalized spacial score (nSPS) is 19.0. The molecule has 2 rings (SSSR count). The number of benzene rings is 1. The number of anilines is 1. The van der Waals surface area contributed by atoms with Crippen molar-refractivity contribution in [2.24, 2.45) is 0 Å². The standard InChI is InChI=1S/C14H20N2O3S2/c1-4-16(5-2)21(18,19)11-6-7-13-12(9-11)15-14(17)8-10(3)20-13/h6-7,9-10H,4-5,8H2,1-3H3,(H,15,17)/t10-/m1/s1. The second-order valence-electron chi connectivity index (χ2n) is 4.93. The van der Waals surface area contributed by atoms with Crippen LogP contribution < -0.4 is 5.32 Å². The van der Waals surface area contributed by atoms with Crippen molar-refractivity contribution in [1.29, 1.82) is 0 Å². The van der Waals surface area contributed by atoms with Crippen molar-refractivity contribution in [2.75, 3.05) is 18.4 Å². The van der Waals surface area contributed by atoms with Gasteiger partial charge in [-0.15, -0.1) is 11.8 Å². The minimum absolute atomic E-state index is 0.0777. The molecule has 116 valence electrons. The van der Waals surface area contributed by atoms with Crippen molar-refractivity contribution in [1.82, 2.24) is 4.31 Å². The van der Waals surface area contributed by atoms with Crippen LogP contribution in [0.25, 0.3) is 0 Å². The number of rotatable bonds is 4. The van der Waals surface area contributed by atoms with Gasteiger partial charge in [-0.05, 0) is 18.2 Å². The van der Waals surface area contributed by atoms with Crippen LogP contribution in [0.4, 0.5) is 5.69 Å². The van der Waals surface area contributed by atoms with Crippen LogP contribution in [-0.2, 0) is 14.8 Å². The Bertz CT molecular complexity index is 640. The number of fused-ring (bicyclic) bond motifs is 1. The van der Waals surface area contributed by atoms with Crippen molar-refractivity contribution >= 4 is 33.4 Å². The zero-order chi connectivity index (χ0) is 15.6. The van der Waals surface area contributed by atoms with E-state index in [4.69, 9.17) is 0 Å². The van der Waals surface area contributed by atoms with Crippen molar-refractivity contribution in [3.8, 4) is 0 Å². The number of hydrogen-bond acceptors (Lipinski definition) is 4. The number of carbonyl (C=O) groups is 1. The van der Waals surface area contributed by atoms with Crippen LogP contribution in [0, 0.1) is 0 Å². The van der Waals surface area contributed by atoms with Crippen molar-refractivity contribution in [3.05, 3.63) is 18.2 Å². The SMILES string of the molecule is CCN(CC)S(=O)(=O)c1ccc2c(c1)NC(=O)C[C@@H](C)S2. The number of hydrogen-bond donors (Lipinski definition) is 1. The van der Waals surface area contributed by atoms with Gasteiger partial charge in [0.1, 0.15) is 0 Å². The summed E-state index contributed by atoms with van der Waals surface area (Å²) in [6.07, 6.45) is 0.428. The van der Waals surface area contributed by atoms with Crippen molar-refractivity contribution in [3.63, 3.8) is 0 Å². The lowest BCUT2D eigenvalue weighted by Gasteiger charge is -2.19. The van der Waals surface area contributed by atoms with E-state index in [9.17, 15) is 13.2 Å². The Kier molecular flexibility index (Phi) is 4.95. The molecule has 0 aliphatic carbocycles. The first kappa shape index (κ1) is 16.3. The number of sulfonamides is 1. The molecule has 1 aromatic carbocycles. The van der Waals surface area contributed by atoms with E-state index in [-0.39, 0.29) is 16.1 Å². The second-order valence-corrected chi connectivity index (χ2v) is 8.35. The fourth-order valence-corrected chi connectivity index (χ4v) is 4.84. The fraction of sp³-hybridized carbons (Fsp3) is 0.500. The molecule has 21 heavy (non-hydrogen) atoms. The molecule has 1 N–H and O–H groups in total. The van der Waals surface area contributed by atoms with Gasteiger partial charge in [-0.3, -0.25) is 4.79 Å². The third kappa shape index (κ3) is 3.41. The van der Waals surface area contributed by atoms with Crippen LogP contribution in [-0.4, -0.2) is 37.0 Å². The molecule has 0 saturated heterocycles. The molecule has 0 unspecified atom stereocenters. The molecule has 5 nitrogen and oxygen atoms in total. The third-order valence-corrected chi connectivity index (χ3v) is 6.59. The topological polar surface area (TPSA) is 66.5 Å². The lowest BCUT2D eigenvalue weighted by molar-refractivity contribution is -0.116. The van der Waals surface area contributed by atoms with E-state index >= 15 is 0 Å². The zero-order valence-corrected chi connectivity index (χ0v) is 14.1. The third-order valence-electron chi connectivity index (χ3n) is 3.37. The molecular weight excluding hydrogens is 308 g/mol. The van der Waals surface area contributed by atoms with E-state index < -0.39 is 10.0 Å². The Balaban J connectivity index is 2.44. The minimum Gasteiger partial charge on any atom is -0.325 e. The summed E-state index contributed by atoms with van der Waals surface area (Å²) in [5.74, 6) is -0.0777. The quantitative estimate of drug-likeness (QED) is 0.922. The van der Waals surface area contributed by atoms with Crippen LogP contribution >= 0.6 is 11.8 Å². The van der Waals surface area contributed by atoms with Gasteiger partial charge in [-0.2, -0.15) is 4.31 Å². The van der Waals surface area contributed by atoms with Crippen LogP contribution in [0.15, 0.2) is 28.0 Å². The lowest BCUT2D eigenvalue weighted by atomic mass is 10.3. The second kappa shape index (κ2) is 6.37. The van der Waals surface area contributed by atoms with Crippen molar-refractivity contribution in [2.45, 2.75) is 42.2 Å². The first-order valence-electron chi connectivity index (χ1n) is 6.99. The summed E-state index contributed by atoms with van der Waals surface area (Å²) >= 11 is 1.58. The van der Waals surface area contributed by atoms with E-state index in [1.54, 1.807) is 30.0 Å². The highest BCUT2D eigenvalue weighted by Gasteiger charge is 2.25. The van der Waals surface area contributed by atoms with Gasteiger partial charge < -0.3 is 5.32 Å². The van der Waals surface area contributed by atoms with Crippen LogP contribution in [0.5, 0.6) is 0 Å². The summed E-state index contributed by atoms with van der Waals surface area (Å²) in [6.45, 7) is 6.45. The predicted octanol–water partition coefficient (Wildman–Crippen LogP) is 2.54. The molecular formula is C14H20N2O3S2. The summed E-state index contributed by atoms with van der Waals surface area (Å²) in [4.78, 5) is 12.9. The first-order valence-corrected chi connectivity index (χ1v) is 9.31. The summed E-state index contributed by atoms with van der Waals surface area (Å²) in [6, 6.07) is 4.95. The van der Waals surface area contributed by atoms with Crippen LogP contribution in [0.1, 0.15) is 27.2 Å². The van der Waals surface area contributed by atoms with Gasteiger partial charge in [0.25, 0.3) is 0 Å². The minimum atomic E-state index is -3.50. The Hall–Kier alpha value is -1.05. The highest BCUT2D eigenvalue weighted by molar-refractivity contribution is 8.00. The molecule has 0 aromatic heterocycles. The first-order chi connectivity index (χ1) is 9.88. The van der Waals surface area contributed by atoms with Crippen molar-refractivity contribution < 1.29 is 13.2 Å². The summed E-state index contributed by atoms with van der Waals surface area (Å²) in [5, 5.41) is 2.97. The predicted molar refractivity (Wildman–Crippen MR) is 85.1 cm³/mol. The average Bonchev–Trinajstić information content (AvgIpc) is 2.55. The van der Waals surface area contributed by atoms with Gasteiger partial charge in [0.05, 0.1) is 10.6 Å². The number of amides is 1. The molecule has 0 saturated carbocycles. The largest absolute Gasteiger partial charge is 0.325 e. The van der Waals surface area contributed by atoms with E-state index in [0.29, 0.717) is 25.2 Å². The molecule has 0 spiro atoms. The maximum atomic E-state index is 12.5. The van der Waals surface area contributed by atoms with Gasteiger partial charge in [-0.1, -0.05) is 20.8 Å². The van der Waals surface area contributed by atoms with E-state index in [1.165, 1.54) is 4.31 Å². The molecule has 1 atom stereocenters. The van der Waals surface area contributed by atoms with E-state index in [0.717, 1.165) is 4.90 Å². The number of nitrogens with one attached hydrogen (secondary N) is 1. The number of thioether (sulfide) groups is 1. The highest BCUT2D eigenvalue weighted by atomic mass is 32.2. The van der Waals surface area contributed by atoms with Gasteiger partial charge in [0.2, 0.25) is 15.9 Å². The Morgan fingerprint density at radius 3 is 2.62 bits per heavy atom. The summed E-state index contributed by atoms with van der Waals surface area (Å²) < 4.78 is 26.4. The van der Waals surface area contributed by atoms with E-state index in [1.807, 2.05) is 20.8 Å². The molecule has 0 radical (unpaired) electrons. The Morgan fingerprint density at radius 1 is 1.33 bits per heavy atom. The average molecular weight is 328 g/mol. The monoisotopic (exact) mass is 328 g/mol. The number of nitrogens with zero attached hydrogens (tertiary/aromatic N) is 1. The molecule has 1 amide bonds. The van der Waals surface area contributed by atoms with E-state index in [2.05, 4.69) is 5.32 Å². The summed E-state index contributed by atoms with van der Waals surface area (Å²) in [7, 11) is -3.50. The molecule has 7 heteroatoms. The van der Waals surface area contributed by atoms with Gasteiger partial charge >= 0.3 is 0 Å². The Labute approximate surface area is 130 Å². The molecule has 0 bridgehead atoms. The highest BCUT2D eigenvalue weighted by Crippen LogP contribution is 2.36. The van der Waals surface area contributed by atoms with Gasteiger partial charge in [-0.25, -0.2) is 8.42 Å². The maximum absolute atomic E-state index is 12.5. The van der Waals surface area contributed by atoms with Gasteiger partial charge in [0.15, 0.2) is 0 Å². The molecule has 1 aromatic rings. The van der Waals surface area contributed by atoms with Crippen LogP contribution in [0.2, 0.25) is 0 Å².